The molecule has 0 spiro atoms. The molecule has 4 heteroatoms. The van der Waals surface area contributed by atoms with Crippen molar-refractivity contribution in [2.45, 2.75) is 0 Å². The molecule has 2 heterocycles. The van der Waals surface area contributed by atoms with Gasteiger partial charge in [-0.2, -0.15) is 0 Å². The molecule has 0 atom stereocenters. The second-order valence-electron chi connectivity index (χ2n) is 12.9. The molecule has 4 nitrogen and oxygen atoms in total. The van der Waals surface area contributed by atoms with Crippen LogP contribution in [-0.2, 0) is 0 Å². The molecule has 0 saturated heterocycles. The highest BCUT2D eigenvalue weighted by Gasteiger charge is 2.19. The van der Waals surface area contributed by atoms with Crippen LogP contribution in [0.5, 0.6) is 0 Å². The Balaban J connectivity index is 1.18. The highest BCUT2D eigenvalue weighted by molar-refractivity contribution is 6.13. The Labute approximate surface area is 295 Å². The average molecular weight is 651 g/mol. The Morgan fingerprint density at radius 3 is 1.57 bits per heavy atom. The molecule has 2 aromatic heterocycles. The molecule has 0 fully saturated rings. The zero-order chi connectivity index (χ0) is 33.7. The minimum Gasteiger partial charge on any atom is -0.309 e. The molecule has 0 bridgehead atoms. The first-order chi connectivity index (χ1) is 25.3. The zero-order valence-electron chi connectivity index (χ0n) is 27.6. The summed E-state index contributed by atoms with van der Waals surface area (Å²) in [6, 6.07) is 64.0. The largest absolute Gasteiger partial charge is 0.309 e. The average Bonchev–Trinajstić information content (AvgIpc) is 3.53. The monoisotopic (exact) mass is 650 g/mol. The van der Waals surface area contributed by atoms with Gasteiger partial charge in [-0.1, -0.05) is 146 Å². The maximum Gasteiger partial charge on any atom is 0.164 e. The number of para-hydroxylation sites is 1. The first-order valence-electron chi connectivity index (χ1n) is 17.2. The van der Waals surface area contributed by atoms with Gasteiger partial charge in [0.2, 0.25) is 0 Å². The molecule has 10 rings (SSSR count). The van der Waals surface area contributed by atoms with Crippen molar-refractivity contribution in [2.24, 2.45) is 0 Å². The van der Waals surface area contributed by atoms with Crippen molar-refractivity contribution >= 4 is 43.4 Å². The molecule has 10 aromatic rings. The SMILES string of the molecule is c1ccc(-c2nc(-c3ccccc3)nc(-c3ccc4ccccc4c3-c3ccc(-n4c5ccccc5c5cc6ccccc6cc54)cc3)n2)cc1. The van der Waals surface area contributed by atoms with Gasteiger partial charge >= 0.3 is 0 Å². The van der Waals surface area contributed by atoms with Crippen LogP contribution in [-0.4, -0.2) is 19.5 Å². The Morgan fingerprint density at radius 1 is 0.333 bits per heavy atom. The van der Waals surface area contributed by atoms with Gasteiger partial charge in [0.25, 0.3) is 0 Å². The normalized spacial score (nSPS) is 11.5. The Hall–Kier alpha value is -6.91. The van der Waals surface area contributed by atoms with Gasteiger partial charge in [0.1, 0.15) is 0 Å². The number of nitrogens with zero attached hydrogens (tertiary/aromatic N) is 4. The quantitative estimate of drug-likeness (QED) is 0.186. The van der Waals surface area contributed by atoms with Gasteiger partial charge in [-0.05, 0) is 63.5 Å². The van der Waals surface area contributed by atoms with Gasteiger partial charge in [-0.15, -0.1) is 0 Å². The number of rotatable bonds is 5. The van der Waals surface area contributed by atoms with Gasteiger partial charge in [0, 0.05) is 38.7 Å². The van der Waals surface area contributed by atoms with Crippen molar-refractivity contribution in [1.29, 1.82) is 0 Å². The predicted octanol–water partition coefficient (Wildman–Crippen LogP) is 11.9. The van der Waals surface area contributed by atoms with Crippen molar-refractivity contribution in [2.75, 3.05) is 0 Å². The molecule has 0 aliphatic rings. The van der Waals surface area contributed by atoms with Crippen molar-refractivity contribution in [3.05, 3.63) is 182 Å². The summed E-state index contributed by atoms with van der Waals surface area (Å²) < 4.78 is 2.38. The van der Waals surface area contributed by atoms with E-state index in [9.17, 15) is 0 Å². The predicted molar refractivity (Wildman–Crippen MR) is 211 cm³/mol. The van der Waals surface area contributed by atoms with E-state index in [0.29, 0.717) is 17.5 Å². The standard InChI is InChI=1S/C47H30N4/c1-3-14-33(15-4-1)45-48-46(34-16-5-2-6-17-34)50-47(49-45)40-28-25-31-13-9-10-20-38(31)44(40)32-23-26-37(27-24-32)51-42-22-12-11-21-39(42)41-29-35-18-7-8-19-36(35)30-43(41)51/h1-30H. The maximum absolute atomic E-state index is 5.12. The molecule has 0 aliphatic carbocycles. The fourth-order valence-electron chi connectivity index (χ4n) is 7.41. The lowest BCUT2D eigenvalue weighted by Gasteiger charge is -2.16. The molecule has 0 amide bonds. The highest BCUT2D eigenvalue weighted by Crippen LogP contribution is 2.40. The molecule has 0 aliphatic heterocycles. The lowest BCUT2D eigenvalue weighted by atomic mass is 9.92. The van der Waals surface area contributed by atoms with E-state index in [-0.39, 0.29) is 0 Å². The number of fused-ring (bicyclic) bond motifs is 5. The lowest BCUT2D eigenvalue weighted by molar-refractivity contribution is 1.07. The summed E-state index contributed by atoms with van der Waals surface area (Å²) in [4.78, 5) is 15.2. The van der Waals surface area contributed by atoms with E-state index < -0.39 is 0 Å². The summed E-state index contributed by atoms with van der Waals surface area (Å²) in [5, 5.41) is 7.29. The molecular formula is C47H30N4. The highest BCUT2D eigenvalue weighted by atomic mass is 15.0. The van der Waals surface area contributed by atoms with Gasteiger partial charge in [-0.25, -0.2) is 15.0 Å². The van der Waals surface area contributed by atoms with Crippen LogP contribution in [0.2, 0.25) is 0 Å². The fraction of sp³-hybridized carbons (Fsp3) is 0. The number of hydrogen-bond acceptors (Lipinski definition) is 3. The third-order valence-corrected chi connectivity index (χ3v) is 9.82. The van der Waals surface area contributed by atoms with Crippen LogP contribution in [0, 0.1) is 0 Å². The molecule has 0 radical (unpaired) electrons. The summed E-state index contributed by atoms with van der Waals surface area (Å²) in [5.41, 5.74) is 8.54. The lowest BCUT2D eigenvalue weighted by Crippen LogP contribution is -2.01. The van der Waals surface area contributed by atoms with E-state index in [4.69, 9.17) is 15.0 Å². The Morgan fingerprint density at radius 2 is 0.882 bits per heavy atom. The van der Waals surface area contributed by atoms with Gasteiger partial charge in [0.05, 0.1) is 11.0 Å². The zero-order valence-corrected chi connectivity index (χ0v) is 27.6. The smallest absolute Gasteiger partial charge is 0.164 e. The molecule has 51 heavy (non-hydrogen) atoms. The van der Waals surface area contributed by atoms with E-state index >= 15 is 0 Å². The van der Waals surface area contributed by atoms with Crippen LogP contribution in [0.15, 0.2) is 182 Å². The van der Waals surface area contributed by atoms with Crippen LogP contribution in [0.1, 0.15) is 0 Å². The van der Waals surface area contributed by atoms with Crippen LogP contribution < -0.4 is 0 Å². The Bertz CT molecular complexity index is 2830. The van der Waals surface area contributed by atoms with Gasteiger partial charge < -0.3 is 4.57 Å². The molecule has 0 saturated carbocycles. The molecule has 0 N–H and O–H groups in total. The van der Waals surface area contributed by atoms with Crippen LogP contribution in [0.4, 0.5) is 0 Å². The third-order valence-electron chi connectivity index (χ3n) is 9.82. The summed E-state index contributed by atoms with van der Waals surface area (Å²) in [6.45, 7) is 0. The number of aromatic nitrogens is 4. The van der Waals surface area contributed by atoms with E-state index in [0.717, 1.165) is 44.3 Å². The first-order valence-corrected chi connectivity index (χ1v) is 17.2. The van der Waals surface area contributed by atoms with Crippen molar-refractivity contribution in [3.63, 3.8) is 0 Å². The van der Waals surface area contributed by atoms with Crippen molar-refractivity contribution in [3.8, 4) is 51.0 Å². The molecular weight excluding hydrogens is 621 g/mol. The summed E-state index contributed by atoms with van der Waals surface area (Å²) in [7, 11) is 0. The van der Waals surface area contributed by atoms with Gasteiger partial charge in [-0.3, -0.25) is 0 Å². The van der Waals surface area contributed by atoms with Crippen LogP contribution >= 0.6 is 0 Å². The fourth-order valence-corrected chi connectivity index (χ4v) is 7.41. The second kappa shape index (κ2) is 11.9. The van der Waals surface area contributed by atoms with E-state index in [1.165, 1.54) is 32.6 Å². The second-order valence-corrected chi connectivity index (χ2v) is 12.9. The number of hydrogen-bond donors (Lipinski definition) is 0. The minimum absolute atomic E-state index is 0.641. The van der Waals surface area contributed by atoms with E-state index in [1.54, 1.807) is 0 Å². The number of benzene rings is 8. The first kappa shape index (κ1) is 29.0. The van der Waals surface area contributed by atoms with Crippen LogP contribution in [0.3, 0.4) is 0 Å². The van der Waals surface area contributed by atoms with E-state index in [1.807, 2.05) is 60.7 Å². The summed E-state index contributed by atoms with van der Waals surface area (Å²) in [5.74, 6) is 1.93. The van der Waals surface area contributed by atoms with Crippen molar-refractivity contribution in [1.82, 2.24) is 19.5 Å². The molecule has 0 unspecified atom stereocenters. The topological polar surface area (TPSA) is 43.6 Å². The maximum atomic E-state index is 5.12. The molecule has 238 valence electrons. The van der Waals surface area contributed by atoms with Crippen LogP contribution in [0.25, 0.3) is 94.3 Å². The summed E-state index contributed by atoms with van der Waals surface area (Å²) in [6.07, 6.45) is 0. The van der Waals surface area contributed by atoms with E-state index in [2.05, 4.69) is 126 Å². The Kier molecular flexibility index (Phi) is 6.78. The summed E-state index contributed by atoms with van der Waals surface area (Å²) >= 11 is 0. The van der Waals surface area contributed by atoms with Crippen molar-refractivity contribution < 1.29 is 0 Å². The minimum atomic E-state index is 0.641. The molecule has 8 aromatic carbocycles. The third kappa shape index (κ3) is 4.96. The van der Waals surface area contributed by atoms with Gasteiger partial charge in [0.15, 0.2) is 17.5 Å².